The van der Waals surface area contributed by atoms with Gasteiger partial charge in [0, 0.05) is 39.3 Å². The topological polar surface area (TPSA) is 59.3 Å². The Morgan fingerprint density at radius 3 is 2.68 bits per heavy atom. The molecule has 8 heteroatoms. The van der Waals surface area contributed by atoms with Gasteiger partial charge in [-0.15, -0.1) is 11.7 Å². The van der Waals surface area contributed by atoms with Gasteiger partial charge in [0.15, 0.2) is 5.82 Å². The molecule has 0 spiro atoms. The molecule has 2 saturated heterocycles. The van der Waals surface area contributed by atoms with Crippen molar-refractivity contribution in [2.24, 2.45) is 0 Å². The minimum Gasteiger partial charge on any atom is -0.376 e. The molecule has 0 radical (unpaired) electrons. The third-order valence-electron chi connectivity index (χ3n) is 5.55. The molecule has 7 nitrogen and oxygen atoms in total. The summed E-state index contributed by atoms with van der Waals surface area (Å²) in [4.78, 5) is 4.76. The number of nitrogens with zero attached hydrogens (tertiary/aromatic N) is 6. The van der Waals surface area contributed by atoms with Crippen LogP contribution in [-0.2, 0) is 11.3 Å². The van der Waals surface area contributed by atoms with Crippen molar-refractivity contribution in [2.75, 3.05) is 39.3 Å². The minimum absolute atomic E-state index is 0.108. The predicted molar refractivity (Wildman–Crippen MR) is 103 cm³/mol. The Labute approximate surface area is 164 Å². The number of piperazine rings is 1. The normalized spacial score (nSPS) is 22.4. The van der Waals surface area contributed by atoms with Gasteiger partial charge in [-0.05, 0) is 41.0 Å². The molecule has 0 bridgehead atoms. The van der Waals surface area contributed by atoms with Crippen molar-refractivity contribution in [1.29, 1.82) is 0 Å². The molecular weight excluding hydrogens is 359 g/mol. The molecule has 2 aliphatic heterocycles. The monoisotopic (exact) mass is 386 g/mol. The second kappa shape index (κ2) is 8.89. The predicted octanol–water partition coefficient (Wildman–Crippen LogP) is 1.88. The number of rotatable bonds is 7. The first-order chi connectivity index (χ1) is 13.7. The minimum atomic E-state index is -0.239. The molecule has 150 valence electrons. The summed E-state index contributed by atoms with van der Waals surface area (Å²) in [5.74, 6) is 0.552. The van der Waals surface area contributed by atoms with E-state index < -0.39 is 0 Å². The molecule has 2 aliphatic rings. The van der Waals surface area contributed by atoms with Crippen molar-refractivity contribution in [3.63, 3.8) is 0 Å². The lowest BCUT2D eigenvalue weighted by atomic mass is 10.0. The molecule has 1 aromatic heterocycles. The molecule has 0 N–H and O–H groups in total. The zero-order valence-corrected chi connectivity index (χ0v) is 16.1. The Bertz CT molecular complexity index is 765. The number of ether oxygens (including phenoxy) is 1. The van der Waals surface area contributed by atoms with E-state index in [4.69, 9.17) is 4.74 Å². The highest BCUT2D eigenvalue weighted by atomic mass is 19.1. The number of hydrogen-bond acceptors (Lipinski definition) is 6. The Morgan fingerprint density at radius 2 is 2.00 bits per heavy atom. The first-order valence-corrected chi connectivity index (χ1v) is 9.95. The van der Waals surface area contributed by atoms with Crippen molar-refractivity contribution in [3.05, 3.63) is 54.1 Å². The number of aromatic nitrogens is 4. The van der Waals surface area contributed by atoms with Crippen molar-refractivity contribution in [1.82, 2.24) is 30.0 Å². The Balaban J connectivity index is 1.60. The van der Waals surface area contributed by atoms with Crippen LogP contribution in [-0.4, -0.2) is 75.4 Å². The van der Waals surface area contributed by atoms with Gasteiger partial charge in [0.2, 0.25) is 0 Å². The molecule has 2 fully saturated rings. The highest BCUT2D eigenvalue weighted by Gasteiger charge is 2.31. The second-order valence-corrected chi connectivity index (χ2v) is 7.43. The van der Waals surface area contributed by atoms with Gasteiger partial charge in [0.1, 0.15) is 5.82 Å². The first kappa shape index (κ1) is 19.2. The molecule has 2 aromatic rings. The van der Waals surface area contributed by atoms with Gasteiger partial charge in [-0.1, -0.05) is 18.2 Å². The quantitative estimate of drug-likeness (QED) is 0.678. The fraction of sp³-hybridized carbons (Fsp3) is 0.550. The van der Waals surface area contributed by atoms with E-state index in [2.05, 4.69) is 31.9 Å². The van der Waals surface area contributed by atoms with E-state index in [-0.39, 0.29) is 18.0 Å². The SMILES string of the molecule is C=CCN1CCN([C@@H](c2ccc(F)cc2)c2nnnn2C[C@H]2CCCO2)CC1. The van der Waals surface area contributed by atoms with Crippen molar-refractivity contribution in [3.8, 4) is 0 Å². The van der Waals surface area contributed by atoms with Crippen LogP contribution in [0.5, 0.6) is 0 Å². The van der Waals surface area contributed by atoms with Gasteiger partial charge in [-0.3, -0.25) is 9.80 Å². The van der Waals surface area contributed by atoms with Gasteiger partial charge in [0.25, 0.3) is 0 Å². The summed E-state index contributed by atoms with van der Waals surface area (Å²) >= 11 is 0. The number of tetrazole rings is 1. The van der Waals surface area contributed by atoms with Gasteiger partial charge >= 0.3 is 0 Å². The summed E-state index contributed by atoms with van der Waals surface area (Å²) < 4.78 is 21.2. The number of halogens is 1. The van der Waals surface area contributed by atoms with E-state index in [0.29, 0.717) is 6.54 Å². The van der Waals surface area contributed by atoms with Crippen molar-refractivity contribution in [2.45, 2.75) is 31.5 Å². The van der Waals surface area contributed by atoms with E-state index in [0.717, 1.165) is 63.6 Å². The highest BCUT2D eigenvalue weighted by molar-refractivity contribution is 5.25. The Kier molecular flexibility index (Phi) is 6.09. The summed E-state index contributed by atoms with van der Waals surface area (Å²) in [5, 5.41) is 12.6. The average Bonchev–Trinajstić information content (AvgIpc) is 3.38. The van der Waals surface area contributed by atoms with Crippen LogP contribution in [0, 0.1) is 5.82 Å². The Morgan fingerprint density at radius 1 is 1.21 bits per heavy atom. The molecule has 0 aliphatic carbocycles. The van der Waals surface area contributed by atoms with E-state index in [1.54, 1.807) is 0 Å². The maximum absolute atomic E-state index is 13.5. The molecule has 4 rings (SSSR count). The largest absolute Gasteiger partial charge is 0.376 e. The van der Waals surface area contributed by atoms with Crippen LogP contribution in [0.3, 0.4) is 0 Å². The van der Waals surface area contributed by atoms with Crippen molar-refractivity contribution >= 4 is 0 Å². The third-order valence-corrected chi connectivity index (χ3v) is 5.55. The van der Waals surface area contributed by atoms with E-state index in [1.807, 2.05) is 22.9 Å². The summed E-state index contributed by atoms with van der Waals surface area (Å²) in [7, 11) is 0. The average molecular weight is 386 g/mol. The zero-order chi connectivity index (χ0) is 19.3. The lowest BCUT2D eigenvalue weighted by molar-refractivity contribution is 0.0868. The molecule has 1 aromatic carbocycles. The highest BCUT2D eigenvalue weighted by Crippen LogP contribution is 2.29. The molecular formula is C20H27FN6O. The molecule has 0 saturated carbocycles. The lowest BCUT2D eigenvalue weighted by Gasteiger charge is -2.38. The molecule has 0 unspecified atom stereocenters. The fourth-order valence-corrected chi connectivity index (χ4v) is 4.07. The van der Waals surface area contributed by atoms with E-state index in [9.17, 15) is 4.39 Å². The van der Waals surface area contributed by atoms with Crippen molar-refractivity contribution < 1.29 is 9.13 Å². The van der Waals surface area contributed by atoms with E-state index >= 15 is 0 Å². The van der Waals surface area contributed by atoms with Crippen LogP contribution in [0.25, 0.3) is 0 Å². The van der Waals surface area contributed by atoms with Crippen LogP contribution in [0.15, 0.2) is 36.9 Å². The van der Waals surface area contributed by atoms with Crippen LogP contribution in [0.2, 0.25) is 0 Å². The van der Waals surface area contributed by atoms with Gasteiger partial charge in [-0.25, -0.2) is 9.07 Å². The molecule has 28 heavy (non-hydrogen) atoms. The molecule has 3 heterocycles. The summed E-state index contributed by atoms with van der Waals surface area (Å²) in [6.45, 7) is 9.87. The number of benzene rings is 1. The molecule has 0 amide bonds. The second-order valence-electron chi connectivity index (χ2n) is 7.43. The maximum Gasteiger partial charge on any atom is 0.173 e. The summed E-state index contributed by atoms with van der Waals surface area (Å²) in [5.41, 5.74) is 1.00. The Hall–Kier alpha value is -2.16. The first-order valence-electron chi connectivity index (χ1n) is 9.95. The van der Waals surface area contributed by atoms with E-state index in [1.165, 1.54) is 12.1 Å². The summed E-state index contributed by atoms with van der Waals surface area (Å²) in [6, 6.07) is 6.57. The maximum atomic E-state index is 13.5. The van der Waals surface area contributed by atoms with Gasteiger partial charge in [-0.2, -0.15) is 0 Å². The lowest BCUT2D eigenvalue weighted by Crippen LogP contribution is -2.48. The summed E-state index contributed by atoms with van der Waals surface area (Å²) in [6.07, 6.45) is 4.20. The smallest absolute Gasteiger partial charge is 0.173 e. The van der Waals surface area contributed by atoms with Crippen LogP contribution < -0.4 is 0 Å². The number of hydrogen-bond donors (Lipinski definition) is 0. The van der Waals surface area contributed by atoms with Crippen LogP contribution >= 0.6 is 0 Å². The standard InChI is InChI=1S/C20H27FN6O/c1-2-9-25-10-12-26(13-11-25)19(16-5-7-17(21)8-6-16)20-22-23-24-27(20)15-18-4-3-14-28-18/h2,5-8,18-19H,1,3-4,9-15H2/t18-,19+/m1/s1. The van der Waals surface area contributed by atoms with Gasteiger partial charge < -0.3 is 4.74 Å². The molecule has 2 atom stereocenters. The zero-order valence-electron chi connectivity index (χ0n) is 16.1. The third kappa shape index (κ3) is 4.29. The van der Waals surface area contributed by atoms with Crippen LogP contribution in [0.4, 0.5) is 4.39 Å². The fourth-order valence-electron chi connectivity index (χ4n) is 4.07. The van der Waals surface area contributed by atoms with Crippen LogP contribution in [0.1, 0.15) is 30.3 Å². The van der Waals surface area contributed by atoms with Gasteiger partial charge in [0.05, 0.1) is 18.7 Å².